The summed E-state index contributed by atoms with van der Waals surface area (Å²) in [5, 5.41) is 3.10. The van der Waals surface area contributed by atoms with Gasteiger partial charge in [0.2, 0.25) is 0 Å². The van der Waals surface area contributed by atoms with E-state index in [1.807, 2.05) is 44.3 Å². The molecule has 1 heterocycles. The highest BCUT2D eigenvalue weighted by Crippen LogP contribution is 2.32. The van der Waals surface area contributed by atoms with Crippen LogP contribution in [0.25, 0.3) is 0 Å². The minimum atomic E-state index is 0.611. The zero-order valence-electron chi connectivity index (χ0n) is 11.2. The Balaban J connectivity index is 2.25. The highest BCUT2D eigenvalue weighted by Gasteiger charge is 2.08. The molecule has 19 heavy (non-hydrogen) atoms. The number of nitrogens with zero attached hydrogens (tertiary/aromatic N) is 1. The van der Waals surface area contributed by atoms with E-state index in [0.29, 0.717) is 18.9 Å². The van der Waals surface area contributed by atoms with Crippen molar-refractivity contribution in [2.24, 2.45) is 0 Å². The average Bonchev–Trinajstić information content (AvgIpc) is 2.44. The van der Waals surface area contributed by atoms with Gasteiger partial charge in [0.05, 0.1) is 6.61 Å². The molecule has 0 radical (unpaired) electrons. The molecule has 0 amide bonds. The quantitative estimate of drug-likeness (QED) is 0.865. The van der Waals surface area contributed by atoms with Crippen molar-refractivity contribution in [1.82, 2.24) is 10.3 Å². The Hall–Kier alpha value is -2.07. The first-order chi connectivity index (χ1) is 9.35. The number of aromatic nitrogens is 1. The van der Waals surface area contributed by atoms with Gasteiger partial charge < -0.3 is 14.8 Å². The average molecular weight is 258 g/mol. The molecule has 0 atom stereocenters. The lowest BCUT2D eigenvalue weighted by Gasteiger charge is -2.13. The molecule has 4 heteroatoms. The Morgan fingerprint density at radius 3 is 2.63 bits per heavy atom. The smallest absolute Gasteiger partial charge is 0.169 e. The Morgan fingerprint density at radius 1 is 1.11 bits per heavy atom. The highest BCUT2D eigenvalue weighted by molar-refractivity contribution is 5.44. The van der Waals surface area contributed by atoms with Crippen molar-refractivity contribution >= 4 is 0 Å². The van der Waals surface area contributed by atoms with Crippen molar-refractivity contribution in [2.45, 2.75) is 13.5 Å². The summed E-state index contributed by atoms with van der Waals surface area (Å²) in [4.78, 5) is 4.11. The minimum Gasteiger partial charge on any atom is -0.490 e. The van der Waals surface area contributed by atoms with Crippen molar-refractivity contribution in [3.63, 3.8) is 0 Å². The number of hydrogen-bond donors (Lipinski definition) is 1. The highest BCUT2D eigenvalue weighted by atomic mass is 16.5. The fourth-order valence-corrected chi connectivity index (χ4v) is 1.76. The van der Waals surface area contributed by atoms with E-state index >= 15 is 0 Å². The minimum absolute atomic E-state index is 0.611. The van der Waals surface area contributed by atoms with Crippen LogP contribution in [-0.4, -0.2) is 18.6 Å². The second-order valence-electron chi connectivity index (χ2n) is 4.00. The van der Waals surface area contributed by atoms with Crippen molar-refractivity contribution < 1.29 is 9.47 Å². The molecule has 0 saturated heterocycles. The third-order valence-electron chi connectivity index (χ3n) is 2.59. The van der Waals surface area contributed by atoms with Crippen LogP contribution in [0.4, 0.5) is 0 Å². The Kier molecular flexibility index (Phi) is 4.75. The van der Waals surface area contributed by atoms with E-state index < -0.39 is 0 Å². The van der Waals surface area contributed by atoms with Gasteiger partial charge in [0.1, 0.15) is 5.75 Å². The maximum atomic E-state index is 5.94. The van der Waals surface area contributed by atoms with E-state index in [1.165, 1.54) is 0 Å². The molecule has 1 aromatic carbocycles. The maximum absolute atomic E-state index is 5.94. The van der Waals surface area contributed by atoms with Gasteiger partial charge in [-0.3, -0.25) is 4.98 Å². The van der Waals surface area contributed by atoms with Gasteiger partial charge in [0, 0.05) is 24.5 Å². The monoisotopic (exact) mass is 258 g/mol. The summed E-state index contributed by atoms with van der Waals surface area (Å²) in [5.74, 6) is 2.25. The molecule has 0 unspecified atom stereocenters. The number of pyridine rings is 1. The van der Waals surface area contributed by atoms with E-state index in [4.69, 9.17) is 9.47 Å². The molecule has 0 aliphatic carbocycles. The molecule has 0 fully saturated rings. The van der Waals surface area contributed by atoms with Gasteiger partial charge in [-0.15, -0.1) is 0 Å². The van der Waals surface area contributed by atoms with E-state index in [-0.39, 0.29) is 0 Å². The van der Waals surface area contributed by atoms with Crippen LogP contribution in [0, 0.1) is 0 Å². The normalized spacial score (nSPS) is 10.2. The zero-order valence-corrected chi connectivity index (χ0v) is 11.2. The lowest BCUT2D eigenvalue weighted by Crippen LogP contribution is -2.07. The molecule has 4 nitrogen and oxygen atoms in total. The fraction of sp³-hybridized carbons (Fsp3) is 0.267. The molecule has 0 aliphatic rings. The number of rotatable bonds is 6. The van der Waals surface area contributed by atoms with E-state index in [0.717, 1.165) is 17.1 Å². The first-order valence-corrected chi connectivity index (χ1v) is 6.32. The molecule has 2 aromatic rings. The predicted molar refractivity (Wildman–Crippen MR) is 74.7 cm³/mol. The summed E-state index contributed by atoms with van der Waals surface area (Å²) in [6.45, 7) is 3.27. The number of nitrogens with one attached hydrogen (secondary N) is 1. The standard InChI is InChI=1S/C15H18N2O2/c1-3-18-14-6-4-5-7-15(14)19-13-8-9-17-11-12(13)10-16-2/h4-9,11,16H,3,10H2,1-2H3. The molecule has 2 rings (SSSR count). The van der Waals surface area contributed by atoms with E-state index in [9.17, 15) is 0 Å². The molecule has 1 aromatic heterocycles. The predicted octanol–water partition coefficient (Wildman–Crippen LogP) is 2.99. The zero-order chi connectivity index (χ0) is 13.5. The van der Waals surface area contributed by atoms with Crippen LogP contribution >= 0.6 is 0 Å². The van der Waals surface area contributed by atoms with Gasteiger partial charge in [-0.25, -0.2) is 0 Å². The summed E-state index contributed by atoms with van der Waals surface area (Å²) in [7, 11) is 1.89. The molecular formula is C15H18N2O2. The second-order valence-corrected chi connectivity index (χ2v) is 4.00. The Labute approximate surface area is 113 Å². The van der Waals surface area contributed by atoms with Crippen LogP contribution in [0.5, 0.6) is 17.2 Å². The summed E-state index contributed by atoms with van der Waals surface area (Å²) in [6.07, 6.45) is 3.52. The molecule has 100 valence electrons. The van der Waals surface area contributed by atoms with Gasteiger partial charge in [0.15, 0.2) is 11.5 Å². The molecular weight excluding hydrogens is 240 g/mol. The van der Waals surface area contributed by atoms with Gasteiger partial charge in [-0.2, -0.15) is 0 Å². The van der Waals surface area contributed by atoms with Crippen LogP contribution in [0.15, 0.2) is 42.7 Å². The van der Waals surface area contributed by atoms with Crippen molar-refractivity contribution in [1.29, 1.82) is 0 Å². The van der Waals surface area contributed by atoms with Crippen molar-refractivity contribution in [3.05, 3.63) is 48.3 Å². The number of para-hydroxylation sites is 2. The summed E-state index contributed by atoms with van der Waals surface area (Å²) < 4.78 is 11.5. The Bertz CT molecular complexity index is 482. The summed E-state index contributed by atoms with van der Waals surface area (Å²) in [5.41, 5.74) is 1.01. The van der Waals surface area contributed by atoms with Crippen molar-refractivity contribution in [3.8, 4) is 17.2 Å². The van der Waals surface area contributed by atoms with Crippen LogP contribution < -0.4 is 14.8 Å². The van der Waals surface area contributed by atoms with E-state index in [2.05, 4.69) is 10.3 Å². The molecule has 0 spiro atoms. The van der Waals surface area contributed by atoms with Gasteiger partial charge in [-0.1, -0.05) is 12.1 Å². The number of ether oxygens (including phenoxy) is 2. The summed E-state index contributed by atoms with van der Waals surface area (Å²) >= 11 is 0. The van der Waals surface area contributed by atoms with Crippen LogP contribution in [0.2, 0.25) is 0 Å². The third-order valence-corrected chi connectivity index (χ3v) is 2.59. The maximum Gasteiger partial charge on any atom is 0.169 e. The molecule has 0 aliphatic heterocycles. The van der Waals surface area contributed by atoms with Crippen molar-refractivity contribution in [2.75, 3.05) is 13.7 Å². The molecule has 1 N–H and O–H groups in total. The topological polar surface area (TPSA) is 43.4 Å². The van der Waals surface area contributed by atoms with Crippen LogP contribution in [0.1, 0.15) is 12.5 Å². The SMILES string of the molecule is CCOc1ccccc1Oc1ccncc1CNC. The van der Waals surface area contributed by atoms with Crippen LogP contribution in [-0.2, 0) is 6.54 Å². The first-order valence-electron chi connectivity index (χ1n) is 6.32. The largest absolute Gasteiger partial charge is 0.490 e. The Morgan fingerprint density at radius 2 is 1.89 bits per heavy atom. The van der Waals surface area contributed by atoms with Gasteiger partial charge in [0.25, 0.3) is 0 Å². The third kappa shape index (κ3) is 3.45. The van der Waals surface area contributed by atoms with Gasteiger partial charge in [-0.05, 0) is 32.2 Å². The first kappa shape index (κ1) is 13.4. The molecule has 0 bridgehead atoms. The van der Waals surface area contributed by atoms with Gasteiger partial charge >= 0.3 is 0 Å². The lowest BCUT2D eigenvalue weighted by atomic mass is 10.2. The fourth-order valence-electron chi connectivity index (χ4n) is 1.76. The second kappa shape index (κ2) is 6.75. The summed E-state index contributed by atoms with van der Waals surface area (Å²) in [6, 6.07) is 9.51. The van der Waals surface area contributed by atoms with Crippen LogP contribution in [0.3, 0.4) is 0 Å². The van der Waals surface area contributed by atoms with E-state index in [1.54, 1.807) is 12.4 Å². The number of benzene rings is 1. The number of hydrogen-bond acceptors (Lipinski definition) is 4. The molecule has 0 saturated carbocycles. The lowest BCUT2D eigenvalue weighted by molar-refractivity contribution is 0.321.